The Bertz CT molecular complexity index is 1010. The van der Waals surface area contributed by atoms with Crippen LogP contribution in [0.15, 0.2) is 66.9 Å². The average molecular weight is 423 g/mol. The highest BCUT2D eigenvalue weighted by Gasteiger charge is 2.27. The van der Waals surface area contributed by atoms with E-state index in [9.17, 15) is 4.79 Å². The second-order valence-electron chi connectivity index (χ2n) is 7.11. The first-order chi connectivity index (χ1) is 14.6. The molecule has 1 atom stereocenters. The minimum atomic E-state index is -0.597. The summed E-state index contributed by atoms with van der Waals surface area (Å²) in [5.41, 5.74) is 0.985. The van der Waals surface area contributed by atoms with Gasteiger partial charge in [-0.2, -0.15) is 0 Å². The molecule has 3 aromatic rings. The first-order valence-corrected chi connectivity index (χ1v) is 10.3. The predicted molar refractivity (Wildman–Crippen MR) is 118 cm³/mol. The number of nitrogens with zero attached hydrogens (tertiary/aromatic N) is 4. The molecule has 0 aliphatic carbocycles. The van der Waals surface area contributed by atoms with Gasteiger partial charge in [-0.05, 0) is 25.1 Å². The summed E-state index contributed by atoms with van der Waals surface area (Å²) in [7, 11) is 0. The summed E-state index contributed by atoms with van der Waals surface area (Å²) in [5, 5.41) is 0.500. The molecule has 2 heterocycles. The van der Waals surface area contributed by atoms with Crippen molar-refractivity contribution in [1.29, 1.82) is 0 Å². The number of anilines is 1. The third kappa shape index (κ3) is 4.54. The van der Waals surface area contributed by atoms with E-state index in [-0.39, 0.29) is 5.91 Å². The molecule has 30 heavy (non-hydrogen) atoms. The maximum atomic E-state index is 12.8. The van der Waals surface area contributed by atoms with Gasteiger partial charge in [0.15, 0.2) is 11.9 Å². The summed E-state index contributed by atoms with van der Waals surface area (Å²) >= 11 is 6.13. The fraction of sp³-hybridized carbons (Fsp3) is 0.261. The summed E-state index contributed by atoms with van der Waals surface area (Å²) in [6.45, 7) is 4.39. The second-order valence-corrected chi connectivity index (χ2v) is 7.51. The van der Waals surface area contributed by atoms with Gasteiger partial charge in [0.25, 0.3) is 5.91 Å². The summed E-state index contributed by atoms with van der Waals surface area (Å²) in [4.78, 5) is 25.9. The van der Waals surface area contributed by atoms with Crippen LogP contribution < -0.4 is 9.64 Å². The van der Waals surface area contributed by atoms with Crippen LogP contribution in [0.3, 0.4) is 0 Å². The number of benzene rings is 2. The number of hydrogen-bond acceptors (Lipinski definition) is 5. The van der Waals surface area contributed by atoms with Gasteiger partial charge in [-0.15, -0.1) is 0 Å². The lowest BCUT2D eigenvalue weighted by Crippen LogP contribution is -2.52. The van der Waals surface area contributed by atoms with Gasteiger partial charge in [0, 0.05) is 37.9 Å². The van der Waals surface area contributed by atoms with E-state index in [1.165, 1.54) is 0 Å². The van der Waals surface area contributed by atoms with Crippen LogP contribution in [0.2, 0.25) is 5.02 Å². The first kappa shape index (κ1) is 20.2. The summed E-state index contributed by atoms with van der Waals surface area (Å²) in [5.74, 6) is 2.06. The van der Waals surface area contributed by atoms with E-state index >= 15 is 0 Å². The molecule has 1 aromatic heterocycles. The standard InChI is InChI=1S/C23H23ClN4O2/c1-17(30-20-10-6-5-9-19(20)24)23(29)28-15-13-27(14-16-28)21-11-12-25-22(26-21)18-7-3-2-4-8-18/h2-12,17H,13-16H2,1H3. The zero-order valence-corrected chi connectivity index (χ0v) is 17.5. The van der Waals surface area contributed by atoms with E-state index in [4.69, 9.17) is 21.3 Å². The molecule has 2 aromatic carbocycles. The van der Waals surface area contributed by atoms with Crippen molar-refractivity contribution in [3.05, 3.63) is 71.9 Å². The summed E-state index contributed by atoms with van der Waals surface area (Å²) in [6, 6.07) is 19.0. The van der Waals surface area contributed by atoms with E-state index < -0.39 is 6.10 Å². The first-order valence-electron chi connectivity index (χ1n) is 9.95. The lowest BCUT2D eigenvalue weighted by Gasteiger charge is -2.36. The van der Waals surface area contributed by atoms with Crippen molar-refractivity contribution in [2.24, 2.45) is 0 Å². The van der Waals surface area contributed by atoms with Crippen molar-refractivity contribution < 1.29 is 9.53 Å². The molecule has 7 heteroatoms. The molecule has 1 unspecified atom stereocenters. The van der Waals surface area contributed by atoms with Gasteiger partial charge in [0.2, 0.25) is 0 Å². The molecule has 6 nitrogen and oxygen atoms in total. The largest absolute Gasteiger partial charge is 0.479 e. The van der Waals surface area contributed by atoms with Crippen LogP contribution in [0.4, 0.5) is 5.82 Å². The third-order valence-electron chi connectivity index (χ3n) is 5.08. The zero-order valence-electron chi connectivity index (χ0n) is 16.7. The normalized spacial score (nSPS) is 15.0. The van der Waals surface area contributed by atoms with E-state index in [2.05, 4.69) is 9.88 Å². The van der Waals surface area contributed by atoms with E-state index in [0.717, 1.165) is 11.4 Å². The molecular weight excluding hydrogens is 400 g/mol. The maximum absolute atomic E-state index is 12.8. The Hall–Kier alpha value is -3.12. The maximum Gasteiger partial charge on any atom is 0.263 e. The molecule has 1 saturated heterocycles. The Labute approximate surface area is 181 Å². The molecule has 1 aliphatic rings. The van der Waals surface area contributed by atoms with Crippen LogP contribution in [-0.4, -0.2) is 53.1 Å². The van der Waals surface area contributed by atoms with Crippen LogP contribution in [0.5, 0.6) is 5.75 Å². The van der Waals surface area contributed by atoms with Gasteiger partial charge in [0.1, 0.15) is 11.6 Å². The van der Waals surface area contributed by atoms with Gasteiger partial charge in [0.05, 0.1) is 5.02 Å². The Kier molecular flexibility index (Phi) is 6.14. The molecular formula is C23H23ClN4O2. The van der Waals surface area contributed by atoms with Crippen LogP contribution in [-0.2, 0) is 4.79 Å². The van der Waals surface area contributed by atoms with Crippen LogP contribution in [0.25, 0.3) is 11.4 Å². The average Bonchev–Trinajstić information content (AvgIpc) is 2.81. The van der Waals surface area contributed by atoms with Crippen LogP contribution in [0, 0.1) is 0 Å². The molecule has 154 valence electrons. The lowest BCUT2D eigenvalue weighted by molar-refractivity contribution is -0.138. The highest BCUT2D eigenvalue weighted by atomic mass is 35.5. The van der Waals surface area contributed by atoms with Crippen molar-refractivity contribution in [1.82, 2.24) is 14.9 Å². The molecule has 1 fully saturated rings. The monoisotopic (exact) mass is 422 g/mol. The Morgan fingerprint density at radius 3 is 2.43 bits per heavy atom. The number of halogens is 1. The Morgan fingerprint density at radius 2 is 1.70 bits per heavy atom. The number of ether oxygens (including phenoxy) is 1. The molecule has 1 amide bonds. The van der Waals surface area contributed by atoms with Crippen molar-refractivity contribution in [2.45, 2.75) is 13.0 Å². The highest BCUT2D eigenvalue weighted by Crippen LogP contribution is 2.25. The Morgan fingerprint density at radius 1 is 1.00 bits per heavy atom. The van der Waals surface area contributed by atoms with E-state index in [1.54, 1.807) is 25.3 Å². The van der Waals surface area contributed by atoms with Crippen molar-refractivity contribution in [2.75, 3.05) is 31.1 Å². The van der Waals surface area contributed by atoms with E-state index in [0.29, 0.717) is 42.8 Å². The van der Waals surface area contributed by atoms with Crippen molar-refractivity contribution >= 4 is 23.3 Å². The highest BCUT2D eigenvalue weighted by molar-refractivity contribution is 6.32. The predicted octanol–water partition coefficient (Wildman–Crippen LogP) is 3.91. The van der Waals surface area contributed by atoms with Gasteiger partial charge in [-0.1, -0.05) is 54.1 Å². The fourth-order valence-electron chi connectivity index (χ4n) is 3.45. The minimum absolute atomic E-state index is 0.0396. The number of hydrogen-bond donors (Lipinski definition) is 0. The molecule has 1 aliphatic heterocycles. The SMILES string of the molecule is CC(Oc1ccccc1Cl)C(=O)N1CCN(c2ccnc(-c3ccccc3)n2)CC1. The quantitative estimate of drug-likeness (QED) is 0.623. The fourth-order valence-corrected chi connectivity index (χ4v) is 3.63. The molecule has 0 spiro atoms. The number of aromatic nitrogens is 2. The topological polar surface area (TPSA) is 58.6 Å². The van der Waals surface area contributed by atoms with Gasteiger partial charge < -0.3 is 14.5 Å². The number of piperazine rings is 1. The minimum Gasteiger partial charge on any atom is -0.479 e. The molecule has 0 saturated carbocycles. The zero-order chi connectivity index (χ0) is 20.9. The molecule has 0 radical (unpaired) electrons. The number of para-hydroxylation sites is 1. The van der Waals surface area contributed by atoms with Crippen LogP contribution >= 0.6 is 11.6 Å². The Balaban J connectivity index is 1.37. The molecule has 0 N–H and O–H groups in total. The molecule has 0 bridgehead atoms. The molecule has 4 rings (SSSR count). The van der Waals surface area contributed by atoms with Crippen LogP contribution in [0.1, 0.15) is 6.92 Å². The van der Waals surface area contributed by atoms with Gasteiger partial charge in [-0.25, -0.2) is 9.97 Å². The second kappa shape index (κ2) is 9.13. The lowest BCUT2D eigenvalue weighted by atomic mass is 10.2. The van der Waals surface area contributed by atoms with Crippen molar-refractivity contribution in [3.63, 3.8) is 0 Å². The van der Waals surface area contributed by atoms with E-state index in [1.807, 2.05) is 53.4 Å². The number of carbonyl (C=O) groups is 1. The number of carbonyl (C=O) groups excluding carboxylic acids is 1. The van der Waals surface area contributed by atoms with Crippen molar-refractivity contribution in [3.8, 4) is 17.1 Å². The van der Waals surface area contributed by atoms with Gasteiger partial charge in [-0.3, -0.25) is 4.79 Å². The third-order valence-corrected chi connectivity index (χ3v) is 5.39. The summed E-state index contributed by atoms with van der Waals surface area (Å²) < 4.78 is 5.78. The number of amides is 1. The smallest absolute Gasteiger partial charge is 0.263 e. The van der Waals surface area contributed by atoms with Gasteiger partial charge >= 0.3 is 0 Å². The number of rotatable bonds is 5. The summed E-state index contributed by atoms with van der Waals surface area (Å²) in [6.07, 6.45) is 1.18.